The lowest BCUT2D eigenvalue weighted by Gasteiger charge is -1.94. The van der Waals surface area contributed by atoms with Crippen LogP contribution < -0.4 is 0 Å². The second-order valence-electron chi connectivity index (χ2n) is 7.63. The van der Waals surface area contributed by atoms with E-state index in [0.29, 0.717) is 0 Å². The summed E-state index contributed by atoms with van der Waals surface area (Å²) in [6.45, 7) is 0. The molecule has 0 radical (unpaired) electrons. The second kappa shape index (κ2) is 7.06. The molecule has 0 fully saturated rings. The number of hydrogen-bond donors (Lipinski definition) is 0. The molecule has 0 atom stereocenters. The van der Waals surface area contributed by atoms with Gasteiger partial charge in [-0.2, -0.15) is 0 Å². The minimum atomic E-state index is 0.893. The molecule has 0 bridgehead atoms. The summed E-state index contributed by atoms with van der Waals surface area (Å²) >= 11 is 11.2. The third-order valence-corrected chi connectivity index (χ3v) is 10.2. The first-order chi connectivity index (χ1) is 15.7. The van der Waals surface area contributed by atoms with Crippen molar-refractivity contribution in [2.75, 3.05) is 0 Å². The lowest BCUT2D eigenvalue weighted by Crippen LogP contribution is -1.69. The van der Waals surface area contributed by atoms with Gasteiger partial charge in [0.05, 0.1) is 9.75 Å². The van der Waals surface area contributed by atoms with Crippen LogP contribution in [0.4, 0.5) is 0 Å². The molecule has 0 aliphatic carbocycles. The second-order valence-corrected chi connectivity index (χ2v) is 11.3. The average molecular weight is 580 g/mol. The number of halogens is 2. The summed E-state index contributed by atoms with van der Waals surface area (Å²) in [6, 6.07) is 25.0. The Balaban J connectivity index is 1.41. The fraction of sp³-hybridized carbons (Fsp3) is 0. The maximum absolute atomic E-state index is 6.13. The number of furan rings is 2. The van der Waals surface area contributed by atoms with E-state index in [4.69, 9.17) is 8.83 Å². The molecule has 4 aromatic heterocycles. The van der Waals surface area contributed by atoms with Crippen molar-refractivity contribution in [1.82, 2.24) is 0 Å². The lowest BCUT2D eigenvalue weighted by molar-refractivity contribution is 0.632. The van der Waals surface area contributed by atoms with E-state index >= 15 is 0 Å². The maximum Gasteiger partial charge on any atom is 0.146 e. The third-order valence-electron chi connectivity index (χ3n) is 5.68. The smallest absolute Gasteiger partial charge is 0.146 e. The topological polar surface area (TPSA) is 26.3 Å². The maximum atomic E-state index is 6.13. The first-order valence-corrected chi connectivity index (χ1v) is 13.2. The molecule has 0 saturated heterocycles. The van der Waals surface area contributed by atoms with E-state index < -0.39 is 0 Å². The number of benzene rings is 3. The molecule has 0 unspecified atom stereocenters. The van der Waals surface area contributed by atoms with Gasteiger partial charge in [0.15, 0.2) is 0 Å². The first-order valence-electron chi connectivity index (χ1n) is 9.98. The molecule has 3 aromatic carbocycles. The van der Waals surface area contributed by atoms with Gasteiger partial charge in [-0.05, 0) is 68.3 Å². The van der Waals surface area contributed by atoms with Gasteiger partial charge in [-0.3, -0.25) is 0 Å². The van der Waals surface area contributed by atoms with Crippen LogP contribution in [0.2, 0.25) is 0 Å². The summed E-state index contributed by atoms with van der Waals surface area (Å²) in [4.78, 5) is 2.23. The fourth-order valence-electron chi connectivity index (χ4n) is 4.13. The lowest BCUT2D eigenvalue weighted by atomic mass is 10.2. The molecule has 0 saturated carbocycles. The highest BCUT2D eigenvalue weighted by atomic mass is 79.9. The Kier molecular flexibility index (Phi) is 4.22. The Bertz CT molecular complexity index is 1620. The molecule has 154 valence electrons. The standard InChI is InChI=1S/C26H12Br2O2S2/c27-23-15-11-22-16(24(28)26(32-22)20-10-14-6-2-4-8-18(14)30-20)12-21(15)31-25(23)19-9-13-5-1-3-7-17(13)29-19/h1-12H. The number of para-hydroxylation sites is 2. The monoisotopic (exact) mass is 578 g/mol. The summed E-state index contributed by atoms with van der Waals surface area (Å²) in [5, 5.41) is 4.63. The Morgan fingerprint density at radius 2 is 1.00 bits per heavy atom. The summed E-state index contributed by atoms with van der Waals surface area (Å²) < 4.78 is 16.9. The van der Waals surface area contributed by atoms with E-state index in [1.807, 2.05) is 36.4 Å². The molecule has 0 amide bonds. The van der Waals surface area contributed by atoms with Crippen LogP contribution in [0, 0.1) is 0 Å². The minimum absolute atomic E-state index is 0.893. The molecule has 0 spiro atoms. The van der Waals surface area contributed by atoms with Gasteiger partial charge in [0, 0.05) is 39.9 Å². The number of thiophene rings is 2. The van der Waals surface area contributed by atoms with Gasteiger partial charge in [0.1, 0.15) is 22.7 Å². The van der Waals surface area contributed by atoms with Crippen molar-refractivity contribution >= 4 is 96.6 Å². The van der Waals surface area contributed by atoms with Crippen LogP contribution >= 0.6 is 54.5 Å². The van der Waals surface area contributed by atoms with Crippen LogP contribution in [-0.2, 0) is 0 Å². The number of fused-ring (bicyclic) bond motifs is 4. The van der Waals surface area contributed by atoms with Gasteiger partial charge in [0.2, 0.25) is 0 Å². The molecule has 32 heavy (non-hydrogen) atoms. The third kappa shape index (κ3) is 2.80. The van der Waals surface area contributed by atoms with E-state index in [-0.39, 0.29) is 0 Å². The van der Waals surface area contributed by atoms with Gasteiger partial charge >= 0.3 is 0 Å². The van der Waals surface area contributed by atoms with Crippen molar-refractivity contribution in [1.29, 1.82) is 0 Å². The van der Waals surface area contributed by atoms with Crippen molar-refractivity contribution in [3.05, 3.63) is 81.7 Å². The van der Waals surface area contributed by atoms with E-state index in [1.54, 1.807) is 22.7 Å². The summed E-state index contributed by atoms with van der Waals surface area (Å²) in [5.74, 6) is 1.79. The van der Waals surface area contributed by atoms with Crippen molar-refractivity contribution < 1.29 is 8.83 Å². The minimum Gasteiger partial charge on any atom is -0.455 e. The Hall–Kier alpha value is -2.38. The SMILES string of the molecule is Brc1c(-c2cc3ccccc3o2)sc2cc3c(Br)c(-c4cc5ccccc5o4)sc3cc12. The quantitative estimate of drug-likeness (QED) is 0.203. The van der Waals surface area contributed by atoms with Gasteiger partial charge in [-0.15, -0.1) is 22.7 Å². The van der Waals surface area contributed by atoms with Crippen LogP contribution in [0.15, 0.2) is 90.6 Å². The van der Waals surface area contributed by atoms with Crippen molar-refractivity contribution in [3.8, 4) is 21.3 Å². The summed E-state index contributed by atoms with van der Waals surface area (Å²) in [5.41, 5.74) is 1.82. The van der Waals surface area contributed by atoms with E-state index in [0.717, 1.165) is 52.2 Å². The van der Waals surface area contributed by atoms with E-state index in [9.17, 15) is 0 Å². The highest BCUT2D eigenvalue weighted by Gasteiger charge is 2.20. The Morgan fingerprint density at radius 1 is 0.562 bits per heavy atom. The zero-order valence-corrected chi connectivity index (χ0v) is 21.1. The molecular formula is C26H12Br2O2S2. The van der Waals surface area contributed by atoms with Crippen molar-refractivity contribution in [2.45, 2.75) is 0 Å². The van der Waals surface area contributed by atoms with E-state index in [1.165, 1.54) is 20.2 Å². The number of hydrogen-bond acceptors (Lipinski definition) is 4. The van der Waals surface area contributed by atoms with Crippen LogP contribution in [0.1, 0.15) is 0 Å². The highest BCUT2D eigenvalue weighted by Crippen LogP contribution is 2.49. The predicted molar refractivity (Wildman–Crippen MR) is 143 cm³/mol. The summed E-state index contributed by atoms with van der Waals surface area (Å²) in [6.07, 6.45) is 0. The first kappa shape index (κ1) is 19.1. The van der Waals surface area contributed by atoms with Crippen LogP contribution in [0.5, 0.6) is 0 Å². The Morgan fingerprint density at radius 3 is 1.44 bits per heavy atom. The highest BCUT2D eigenvalue weighted by molar-refractivity contribution is 9.11. The van der Waals surface area contributed by atoms with Crippen LogP contribution in [-0.4, -0.2) is 0 Å². The molecule has 6 heteroatoms. The zero-order valence-electron chi connectivity index (χ0n) is 16.3. The zero-order chi connectivity index (χ0) is 21.4. The van der Waals surface area contributed by atoms with E-state index in [2.05, 4.69) is 68.3 Å². The van der Waals surface area contributed by atoms with Gasteiger partial charge in [-0.1, -0.05) is 36.4 Å². The predicted octanol–water partition coefficient (Wildman–Crippen LogP) is 10.5. The molecule has 0 aliphatic rings. The molecule has 0 aliphatic heterocycles. The van der Waals surface area contributed by atoms with Gasteiger partial charge in [-0.25, -0.2) is 0 Å². The van der Waals surface area contributed by atoms with Crippen LogP contribution in [0.25, 0.3) is 63.4 Å². The number of rotatable bonds is 2. The summed E-state index contributed by atoms with van der Waals surface area (Å²) in [7, 11) is 0. The van der Waals surface area contributed by atoms with Crippen molar-refractivity contribution in [3.63, 3.8) is 0 Å². The largest absolute Gasteiger partial charge is 0.455 e. The van der Waals surface area contributed by atoms with Crippen LogP contribution in [0.3, 0.4) is 0 Å². The fourth-order valence-corrected chi connectivity index (χ4v) is 8.06. The molecule has 0 N–H and O–H groups in total. The van der Waals surface area contributed by atoms with Gasteiger partial charge < -0.3 is 8.83 Å². The normalized spacial score (nSPS) is 12.1. The van der Waals surface area contributed by atoms with Crippen molar-refractivity contribution in [2.24, 2.45) is 0 Å². The molecule has 4 heterocycles. The molecular weight excluding hydrogens is 568 g/mol. The molecule has 2 nitrogen and oxygen atoms in total. The van der Waals surface area contributed by atoms with Gasteiger partial charge in [0.25, 0.3) is 0 Å². The average Bonchev–Trinajstić information content (AvgIpc) is 3.56. The Labute approximate surface area is 207 Å². The molecule has 7 rings (SSSR count). The molecule has 7 aromatic rings.